The van der Waals surface area contributed by atoms with Crippen LogP contribution in [0.25, 0.3) is 11.0 Å². The van der Waals surface area contributed by atoms with Gasteiger partial charge < -0.3 is 15.2 Å². The molecule has 1 amide bonds. The van der Waals surface area contributed by atoms with Crippen LogP contribution in [-0.2, 0) is 11.3 Å². The van der Waals surface area contributed by atoms with Crippen molar-refractivity contribution >= 4 is 34.2 Å². The van der Waals surface area contributed by atoms with E-state index in [1.165, 1.54) is 0 Å². The van der Waals surface area contributed by atoms with Crippen LogP contribution in [0.3, 0.4) is 0 Å². The summed E-state index contributed by atoms with van der Waals surface area (Å²) in [6.45, 7) is 6.17. The predicted octanol–water partition coefficient (Wildman–Crippen LogP) is 3.58. The van der Waals surface area contributed by atoms with Gasteiger partial charge in [0.25, 0.3) is 0 Å². The molecule has 3 aromatic rings. The maximum Gasteiger partial charge on any atom is 0.231 e. The number of hydrogen-bond donors (Lipinski definition) is 2. The highest BCUT2D eigenvalue weighted by Crippen LogP contribution is 2.28. The van der Waals surface area contributed by atoms with Crippen LogP contribution in [0.1, 0.15) is 32.0 Å². The quantitative estimate of drug-likeness (QED) is 0.738. The summed E-state index contributed by atoms with van der Waals surface area (Å²) in [5, 5.41) is 10.8. The van der Waals surface area contributed by atoms with Gasteiger partial charge in [-0.05, 0) is 18.2 Å². The molecule has 0 saturated carbocycles. The lowest BCUT2D eigenvalue weighted by molar-refractivity contribution is -0.123. The first-order valence-electron chi connectivity index (χ1n) is 8.38. The minimum absolute atomic E-state index is 0.113. The van der Waals surface area contributed by atoms with Gasteiger partial charge in [-0.1, -0.05) is 32.0 Å². The summed E-state index contributed by atoms with van der Waals surface area (Å²) in [5.74, 6) is 1.05. The lowest BCUT2D eigenvalue weighted by Gasteiger charge is -2.16. The van der Waals surface area contributed by atoms with Gasteiger partial charge in [-0.2, -0.15) is 0 Å². The molecule has 0 bridgehead atoms. The standard InChI is InChI=1S/C19H19N5O2/c1-19(2,3)18(25)23-16-13-7-6-12(9-14(13)26-24-16)22-17-15-11(10-21-17)5-4-8-20-15/h4-9H,10H2,1-3H3,(H,21,22)(H,23,24,25). The Morgan fingerprint density at radius 2 is 2.08 bits per heavy atom. The lowest BCUT2D eigenvalue weighted by Crippen LogP contribution is -2.27. The predicted molar refractivity (Wildman–Crippen MR) is 100 cm³/mol. The van der Waals surface area contributed by atoms with E-state index in [-0.39, 0.29) is 5.91 Å². The summed E-state index contributed by atoms with van der Waals surface area (Å²) < 4.78 is 5.38. The summed E-state index contributed by atoms with van der Waals surface area (Å²) >= 11 is 0. The molecule has 1 aliphatic rings. The van der Waals surface area contributed by atoms with Crippen molar-refractivity contribution in [2.24, 2.45) is 10.4 Å². The highest BCUT2D eigenvalue weighted by molar-refractivity contribution is 6.10. The number of benzene rings is 1. The number of carbonyl (C=O) groups excluding carboxylic acids is 1. The molecule has 2 aromatic heterocycles. The Kier molecular flexibility index (Phi) is 3.72. The average molecular weight is 349 g/mol. The minimum atomic E-state index is -0.506. The van der Waals surface area contributed by atoms with E-state index >= 15 is 0 Å². The zero-order chi connectivity index (χ0) is 18.3. The molecule has 26 heavy (non-hydrogen) atoms. The zero-order valence-corrected chi connectivity index (χ0v) is 14.8. The SMILES string of the molecule is CC(C)(C)C(=O)Nc1noc2cc(NC3=NCc4cccnc43)ccc12. The van der Waals surface area contributed by atoms with E-state index in [0.29, 0.717) is 17.9 Å². The minimum Gasteiger partial charge on any atom is -0.354 e. The molecule has 4 rings (SSSR count). The molecule has 132 valence electrons. The maximum atomic E-state index is 12.2. The second kappa shape index (κ2) is 5.94. The van der Waals surface area contributed by atoms with Crippen LogP contribution in [0, 0.1) is 5.41 Å². The van der Waals surface area contributed by atoms with Crippen LogP contribution in [0.5, 0.6) is 0 Å². The zero-order valence-electron chi connectivity index (χ0n) is 14.8. The van der Waals surface area contributed by atoms with E-state index in [9.17, 15) is 4.79 Å². The number of aromatic nitrogens is 2. The van der Waals surface area contributed by atoms with Crippen LogP contribution in [0.4, 0.5) is 11.5 Å². The topological polar surface area (TPSA) is 92.4 Å². The fourth-order valence-corrected chi connectivity index (χ4v) is 2.65. The molecule has 0 unspecified atom stereocenters. The van der Waals surface area contributed by atoms with Crippen LogP contribution >= 0.6 is 0 Å². The first-order chi connectivity index (χ1) is 12.4. The smallest absolute Gasteiger partial charge is 0.231 e. The van der Waals surface area contributed by atoms with Gasteiger partial charge in [0.1, 0.15) is 5.69 Å². The fourth-order valence-electron chi connectivity index (χ4n) is 2.65. The number of nitrogens with one attached hydrogen (secondary N) is 2. The van der Waals surface area contributed by atoms with E-state index in [2.05, 4.69) is 25.8 Å². The van der Waals surface area contributed by atoms with E-state index < -0.39 is 5.41 Å². The van der Waals surface area contributed by atoms with Gasteiger partial charge in [-0.25, -0.2) is 0 Å². The average Bonchev–Trinajstić information content (AvgIpc) is 3.19. The Balaban J connectivity index is 1.57. The Hall–Kier alpha value is -3.22. The molecule has 0 aliphatic carbocycles. The van der Waals surface area contributed by atoms with Crippen LogP contribution in [-0.4, -0.2) is 21.9 Å². The number of hydrogen-bond acceptors (Lipinski definition) is 6. The van der Waals surface area contributed by atoms with Gasteiger partial charge in [-0.15, -0.1) is 0 Å². The Labute approximate surface area is 150 Å². The summed E-state index contributed by atoms with van der Waals surface area (Å²) in [7, 11) is 0. The summed E-state index contributed by atoms with van der Waals surface area (Å²) in [5.41, 5.74) is 2.86. The molecule has 7 heteroatoms. The maximum absolute atomic E-state index is 12.2. The van der Waals surface area contributed by atoms with E-state index in [1.807, 2.05) is 51.1 Å². The highest BCUT2D eigenvalue weighted by atomic mass is 16.5. The summed E-state index contributed by atoms with van der Waals surface area (Å²) in [6, 6.07) is 9.52. The van der Waals surface area contributed by atoms with Crippen LogP contribution < -0.4 is 10.6 Å². The molecule has 0 fully saturated rings. The number of carbonyl (C=O) groups is 1. The first kappa shape index (κ1) is 16.3. The molecule has 1 aromatic carbocycles. The van der Waals surface area contributed by atoms with E-state index in [4.69, 9.17) is 4.52 Å². The second-order valence-electron chi connectivity index (χ2n) is 7.25. The van der Waals surface area contributed by atoms with E-state index in [0.717, 1.165) is 28.2 Å². The Bertz CT molecular complexity index is 1030. The molecular weight excluding hydrogens is 330 g/mol. The van der Waals surface area contributed by atoms with Crippen molar-refractivity contribution < 1.29 is 9.32 Å². The van der Waals surface area contributed by atoms with Gasteiger partial charge in [0.05, 0.1) is 11.9 Å². The first-order valence-corrected chi connectivity index (χ1v) is 8.38. The van der Waals surface area contributed by atoms with Gasteiger partial charge in [0.2, 0.25) is 5.91 Å². The summed E-state index contributed by atoms with van der Waals surface area (Å²) in [6.07, 6.45) is 1.76. The monoisotopic (exact) mass is 349 g/mol. The number of amides is 1. The molecule has 0 radical (unpaired) electrons. The normalized spacial score (nSPS) is 13.4. The molecule has 0 spiro atoms. The number of fused-ring (bicyclic) bond motifs is 2. The number of rotatable bonds is 2. The van der Waals surface area contributed by atoms with Gasteiger partial charge in [0, 0.05) is 28.9 Å². The van der Waals surface area contributed by atoms with Gasteiger partial charge >= 0.3 is 0 Å². The van der Waals surface area contributed by atoms with Crippen molar-refractivity contribution in [3.05, 3.63) is 47.8 Å². The Morgan fingerprint density at radius 1 is 1.23 bits per heavy atom. The number of nitrogens with zero attached hydrogens (tertiary/aromatic N) is 3. The molecule has 3 heterocycles. The second-order valence-corrected chi connectivity index (χ2v) is 7.25. The van der Waals surface area contributed by atoms with Crippen molar-refractivity contribution in [2.45, 2.75) is 27.3 Å². The third-order valence-corrected chi connectivity index (χ3v) is 4.17. The molecular formula is C19H19N5O2. The van der Waals surface area contributed by atoms with Gasteiger partial charge in [0.15, 0.2) is 17.2 Å². The molecule has 2 N–H and O–H groups in total. The largest absolute Gasteiger partial charge is 0.354 e. The summed E-state index contributed by atoms with van der Waals surface area (Å²) in [4.78, 5) is 21.0. The van der Waals surface area contributed by atoms with E-state index in [1.54, 1.807) is 6.20 Å². The van der Waals surface area contributed by atoms with Crippen LogP contribution in [0.15, 0.2) is 46.0 Å². The van der Waals surface area contributed by atoms with Crippen LogP contribution in [0.2, 0.25) is 0 Å². The molecule has 0 saturated heterocycles. The molecule has 7 nitrogen and oxygen atoms in total. The van der Waals surface area contributed by atoms with Gasteiger partial charge in [-0.3, -0.25) is 14.8 Å². The van der Waals surface area contributed by atoms with Crippen molar-refractivity contribution in [3.63, 3.8) is 0 Å². The highest BCUT2D eigenvalue weighted by Gasteiger charge is 2.23. The van der Waals surface area contributed by atoms with Crippen molar-refractivity contribution in [1.82, 2.24) is 10.1 Å². The van der Waals surface area contributed by atoms with Crippen molar-refractivity contribution in [2.75, 3.05) is 10.6 Å². The fraction of sp³-hybridized carbons (Fsp3) is 0.263. The number of pyridine rings is 1. The lowest BCUT2D eigenvalue weighted by atomic mass is 9.96. The number of aliphatic imine (C=N–C) groups is 1. The third kappa shape index (κ3) is 2.92. The Morgan fingerprint density at radius 3 is 2.88 bits per heavy atom. The van der Waals surface area contributed by atoms with Crippen molar-refractivity contribution in [3.8, 4) is 0 Å². The van der Waals surface area contributed by atoms with Crippen molar-refractivity contribution in [1.29, 1.82) is 0 Å². The molecule has 0 atom stereocenters. The number of anilines is 2. The number of amidine groups is 1. The third-order valence-electron chi connectivity index (χ3n) is 4.17. The molecule has 1 aliphatic heterocycles.